The molecule has 2 aromatic rings. The maximum atomic E-state index is 12.3. The fraction of sp³-hybridized carbons (Fsp3) is 0.364. The normalized spacial score (nSPS) is 14.3. The van der Waals surface area contributed by atoms with Gasteiger partial charge in [-0.15, -0.1) is 0 Å². The summed E-state index contributed by atoms with van der Waals surface area (Å²) < 4.78 is 0. The minimum atomic E-state index is -0.199. The Morgan fingerprint density at radius 1 is 1.11 bits per heavy atom. The monoisotopic (exact) mass is 365 g/mol. The topological polar surface area (TPSA) is 70.2 Å². The van der Waals surface area contributed by atoms with E-state index in [0.717, 1.165) is 36.1 Å². The summed E-state index contributed by atoms with van der Waals surface area (Å²) in [4.78, 5) is 24.2. The second-order valence-corrected chi connectivity index (χ2v) is 7.16. The van der Waals surface area contributed by atoms with Gasteiger partial charge in [-0.3, -0.25) is 4.79 Å². The number of nitrogens with one attached hydrogen (secondary N) is 3. The van der Waals surface area contributed by atoms with Crippen LogP contribution >= 0.6 is 0 Å². The summed E-state index contributed by atoms with van der Waals surface area (Å²) in [6, 6.07) is 15.6. The number of carbonyl (C=O) groups excluding carboxylic acids is 2. The zero-order chi connectivity index (χ0) is 19.2. The number of rotatable bonds is 7. The first-order valence-electron chi connectivity index (χ1n) is 9.56. The van der Waals surface area contributed by atoms with Gasteiger partial charge in [-0.25, -0.2) is 4.79 Å². The quantitative estimate of drug-likeness (QED) is 0.685. The van der Waals surface area contributed by atoms with Crippen molar-refractivity contribution in [1.82, 2.24) is 10.6 Å². The van der Waals surface area contributed by atoms with Gasteiger partial charge in [0.05, 0.1) is 6.04 Å². The van der Waals surface area contributed by atoms with Crippen molar-refractivity contribution in [1.29, 1.82) is 0 Å². The smallest absolute Gasteiger partial charge is 0.315 e. The SMILES string of the molecule is CC[C@@H](NC(=O)NCc1cccc(NC(=O)C2CC2)c1)c1ccc(C)cc1. The zero-order valence-corrected chi connectivity index (χ0v) is 15.9. The summed E-state index contributed by atoms with van der Waals surface area (Å²) in [6.45, 7) is 4.51. The maximum Gasteiger partial charge on any atom is 0.315 e. The molecule has 5 nitrogen and oxygen atoms in total. The molecule has 0 spiro atoms. The number of hydrogen-bond donors (Lipinski definition) is 3. The number of urea groups is 1. The Labute approximate surface area is 160 Å². The summed E-state index contributed by atoms with van der Waals surface area (Å²) in [5, 5.41) is 8.85. The van der Waals surface area contributed by atoms with Crippen LogP contribution in [-0.2, 0) is 11.3 Å². The Morgan fingerprint density at radius 2 is 1.85 bits per heavy atom. The maximum absolute atomic E-state index is 12.3. The molecule has 3 rings (SSSR count). The fourth-order valence-electron chi connectivity index (χ4n) is 2.96. The van der Waals surface area contributed by atoms with Crippen LogP contribution in [0.25, 0.3) is 0 Å². The van der Waals surface area contributed by atoms with Crippen LogP contribution in [0.2, 0.25) is 0 Å². The van der Waals surface area contributed by atoms with Crippen LogP contribution in [0.15, 0.2) is 48.5 Å². The summed E-state index contributed by atoms with van der Waals surface area (Å²) >= 11 is 0. The lowest BCUT2D eigenvalue weighted by Gasteiger charge is -2.18. The molecule has 1 aliphatic rings. The van der Waals surface area contributed by atoms with Gasteiger partial charge < -0.3 is 16.0 Å². The molecule has 0 unspecified atom stereocenters. The second kappa shape index (κ2) is 8.71. The lowest BCUT2D eigenvalue weighted by atomic mass is 10.0. The van der Waals surface area contributed by atoms with Crippen molar-refractivity contribution in [2.75, 3.05) is 5.32 Å². The van der Waals surface area contributed by atoms with Crippen LogP contribution in [0, 0.1) is 12.8 Å². The molecule has 0 bridgehead atoms. The lowest BCUT2D eigenvalue weighted by Crippen LogP contribution is -2.37. The number of hydrogen-bond acceptors (Lipinski definition) is 2. The van der Waals surface area contributed by atoms with Crippen molar-refractivity contribution < 1.29 is 9.59 Å². The van der Waals surface area contributed by atoms with Crippen molar-refractivity contribution in [2.45, 2.75) is 45.7 Å². The molecule has 27 heavy (non-hydrogen) atoms. The minimum absolute atomic E-state index is 0.0187. The third kappa shape index (κ3) is 5.58. The van der Waals surface area contributed by atoms with E-state index >= 15 is 0 Å². The Hall–Kier alpha value is -2.82. The molecule has 2 aromatic carbocycles. The van der Waals surface area contributed by atoms with Crippen LogP contribution in [0.1, 0.15) is 48.9 Å². The van der Waals surface area contributed by atoms with Crippen LogP contribution in [0.4, 0.5) is 10.5 Å². The number of aryl methyl sites for hydroxylation is 1. The van der Waals surface area contributed by atoms with E-state index in [0.29, 0.717) is 6.54 Å². The van der Waals surface area contributed by atoms with Crippen molar-refractivity contribution in [3.8, 4) is 0 Å². The van der Waals surface area contributed by atoms with Crippen molar-refractivity contribution >= 4 is 17.6 Å². The zero-order valence-electron chi connectivity index (χ0n) is 15.9. The van der Waals surface area contributed by atoms with E-state index in [-0.39, 0.29) is 23.9 Å². The van der Waals surface area contributed by atoms with Gasteiger partial charge in [0.2, 0.25) is 5.91 Å². The van der Waals surface area contributed by atoms with Crippen molar-refractivity contribution in [2.24, 2.45) is 5.92 Å². The highest BCUT2D eigenvalue weighted by molar-refractivity contribution is 5.94. The van der Waals surface area contributed by atoms with Gasteiger partial charge in [-0.1, -0.05) is 48.9 Å². The molecule has 0 aliphatic heterocycles. The molecule has 0 heterocycles. The predicted molar refractivity (Wildman–Crippen MR) is 107 cm³/mol. The third-order valence-electron chi connectivity index (χ3n) is 4.79. The average Bonchev–Trinajstić information content (AvgIpc) is 3.51. The summed E-state index contributed by atoms with van der Waals surface area (Å²) in [6.07, 6.45) is 2.78. The van der Waals surface area contributed by atoms with Crippen LogP contribution in [-0.4, -0.2) is 11.9 Å². The average molecular weight is 365 g/mol. The molecule has 0 radical (unpaired) electrons. The van der Waals surface area contributed by atoms with Gasteiger partial charge in [-0.2, -0.15) is 0 Å². The Kier molecular flexibility index (Phi) is 6.12. The Balaban J connectivity index is 1.52. The van der Waals surface area contributed by atoms with Crippen LogP contribution < -0.4 is 16.0 Å². The van der Waals surface area contributed by atoms with E-state index < -0.39 is 0 Å². The molecule has 3 amide bonds. The Morgan fingerprint density at radius 3 is 2.52 bits per heavy atom. The van der Waals surface area contributed by atoms with E-state index in [1.54, 1.807) is 0 Å². The highest BCUT2D eigenvalue weighted by atomic mass is 16.2. The molecule has 0 saturated heterocycles. The summed E-state index contributed by atoms with van der Waals surface area (Å²) in [5.74, 6) is 0.257. The van der Waals surface area contributed by atoms with Crippen LogP contribution in [0.5, 0.6) is 0 Å². The highest BCUT2D eigenvalue weighted by Gasteiger charge is 2.29. The largest absolute Gasteiger partial charge is 0.334 e. The van der Waals surface area contributed by atoms with Crippen LogP contribution in [0.3, 0.4) is 0 Å². The van der Waals surface area contributed by atoms with E-state index in [9.17, 15) is 9.59 Å². The minimum Gasteiger partial charge on any atom is -0.334 e. The molecular formula is C22H27N3O2. The van der Waals surface area contributed by atoms with Gasteiger partial charge in [0.1, 0.15) is 0 Å². The number of amides is 3. The number of carbonyl (C=O) groups is 2. The highest BCUT2D eigenvalue weighted by Crippen LogP contribution is 2.30. The summed E-state index contributed by atoms with van der Waals surface area (Å²) in [7, 11) is 0. The standard InChI is InChI=1S/C22H27N3O2/c1-3-20(17-9-7-15(2)8-10-17)25-22(27)23-14-16-5-4-6-19(13-16)24-21(26)18-11-12-18/h4-10,13,18,20H,3,11-12,14H2,1-2H3,(H,24,26)(H2,23,25,27)/t20-/m1/s1. The van der Waals surface area contributed by atoms with Gasteiger partial charge >= 0.3 is 6.03 Å². The first-order chi connectivity index (χ1) is 13.0. The van der Waals surface area contributed by atoms with Gasteiger partial charge in [0, 0.05) is 18.2 Å². The van der Waals surface area contributed by atoms with Gasteiger partial charge in [-0.05, 0) is 49.4 Å². The molecule has 0 aromatic heterocycles. The van der Waals surface area contributed by atoms with E-state index in [4.69, 9.17) is 0 Å². The lowest BCUT2D eigenvalue weighted by molar-refractivity contribution is -0.117. The van der Waals surface area contributed by atoms with E-state index in [1.807, 2.05) is 31.2 Å². The molecule has 142 valence electrons. The molecule has 1 fully saturated rings. The first-order valence-corrected chi connectivity index (χ1v) is 9.56. The molecule has 1 atom stereocenters. The molecular weight excluding hydrogens is 338 g/mol. The molecule has 1 saturated carbocycles. The first kappa shape index (κ1) is 19.0. The van der Waals surface area contributed by atoms with Crippen molar-refractivity contribution in [3.05, 3.63) is 65.2 Å². The molecule has 3 N–H and O–H groups in total. The van der Waals surface area contributed by atoms with E-state index in [2.05, 4.69) is 47.1 Å². The fourth-order valence-corrected chi connectivity index (χ4v) is 2.96. The van der Waals surface area contributed by atoms with E-state index in [1.165, 1.54) is 5.56 Å². The number of benzene rings is 2. The van der Waals surface area contributed by atoms with Crippen molar-refractivity contribution in [3.63, 3.8) is 0 Å². The van der Waals surface area contributed by atoms with Gasteiger partial charge in [0.15, 0.2) is 0 Å². The molecule has 5 heteroatoms. The van der Waals surface area contributed by atoms with Gasteiger partial charge in [0.25, 0.3) is 0 Å². The second-order valence-electron chi connectivity index (χ2n) is 7.16. The third-order valence-corrected chi connectivity index (χ3v) is 4.79. The summed E-state index contributed by atoms with van der Waals surface area (Å²) in [5.41, 5.74) is 4.02. The molecule has 1 aliphatic carbocycles. The predicted octanol–water partition coefficient (Wildman–Crippen LogP) is 4.29. The number of anilines is 1. The Bertz CT molecular complexity index is 797.